The Morgan fingerprint density at radius 2 is 1.63 bits per heavy atom. The van der Waals surface area contributed by atoms with Gasteiger partial charge < -0.3 is 16.2 Å². The minimum absolute atomic E-state index is 0.367. The van der Waals surface area contributed by atoms with E-state index < -0.39 is 11.9 Å². The number of hydrogen-bond donors (Lipinski definition) is 3. The van der Waals surface area contributed by atoms with Crippen molar-refractivity contribution in [3.05, 3.63) is 54.6 Å². The molecular weight excluding hydrogens is 240 g/mol. The quantitative estimate of drug-likeness (QED) is 0.778. The standard InChI is InChI=1S/C15H16N2O2/c16-14(10-18)15(19)17-13-8-6-12(7-9-13)11-4-2-1-3-5-11/h1-9,14,18H,10,16H2,(H,17,19). The van der Waals surface area contributed by atoms with Gasteiger partial charge in [0.05, 0.1) is 6.61 Å². The lowest BCUT2D eigenvalue weighted by molar-refractivity contribution is -0.118. The molecule has 2 rings (SSSR count). The van der Waals surface area contributed by atoms with Crippen LogP contribution in [0.15, 0.2) is 54.6 Å². The third kappa shape index (κ3) is 3.40. The van der Waals surface area contributed by atoms with E-state index in [0.717, 1.165) is 11.1 Å². The maximum absolute atomic E-state index is 11.5. The minimum atomic E-state index is -0.895. The molecule has 98 valence electrons. The summed E-state index contributed by atoms with van der Waals surface area (Å²) in [5.74, 6) is -0.394. The van der Waals surface area contributed by atoms with Gasteiger partial charge in [-0.2, -0.15) is 0 Å². The van der Waals surface area contributed by atoms with Crippen LogP contribution in [0, 0.1) is 0 Å². The Labute approximate surface area is 111 Å². The van der Waals surface area contributed by atoms with Gasteiger partial charge >= 0.3 is 0 Å². The number of hydrogen-bond acceptors (Lipinski definition) is 3. The number of nitrogens with two attached hydrogens (primary N) is 1. The number of carbonyl (C=O) groups is 1. The van der Waals surface area contributed by atoms with Gasteiger partial charge in [0.25, 0.3) is 0 Å². The molecule has 2 aromatic rings. The maximum atomic E-state index is 11.5. The Kier molecular flexibility index (Phi) is 4.28. The van der Waals surface area contributed by atoms with E-state index in [9.17, 15) is 4.79 Å². The van der Waals surface area contributed by atoms with Gasteiger partial charge in [-0.3, -0.25) is 4.79 Å². The summed E-state index contributed by atoms with van der Waals surface area (Å²) < 4.78 is 0. The highest BCUT2D eigenvalue weighted by Gasteiger charge is 2.11. The number of anilines is 1. The molecule has 0 spiro atoms. The lowest BCUT2D eigenvalue weighted by atomic mass is 10.1. The summed E-state index contributed by atoms with van der Waals surface area (Å²) in [5.41, 5.74) is 8.28. The molecule has 1 unspecified atom stereocenters. The van der Waals surface area contributed by atoms with Crippen molar-refractivity contribution >= 4 is 11.6 Å². The average Bonchev–Trinajstić information content (AvgIpc) is 2.48. The second-order valence-electron chi connectivity index (χ2n) is 4.22. The van der Waals surface area contributed by atoms with Crippen molar-refractivity contribution in [2.75, 3.05) is 11.9 Å². The van der Waals surface area contributed by atoms with Gasteiger partial charge in [0.1, 0.15) is 6.04 Å². The number of amides is 1. The first-order valence-corrected chi connectivity index (χ1v) is 6.03. The van der Waals surface area contributed by atoms with Crippen molar-refractivity contribution in [2.45, 2.75) is 6.04 Å². The fourth-order valence-corrected chi connectivity index (χ4v) is 1.69. The first-order chi connectivity index (χ1) is 9.20. The van der Waals surface area contributed by atoms with Crippen molar-refractivity contribution in [1.82, 2.24) is 0 Å². The molecule has 19 heavy (non-hydrogen) atoms. The van der Waals surface area contributed by atoms with Crippen molar-refractivity contribution in [1.29, 1.82) is 0 Å². The molecule has 4 N–H and O–H groups in total. The summed E-state index contributed by atoms with van der Waals surface area (Å²) in [6.45, 7) is -0.367. The van der Waals surface area contributed by atoms with E-state index in [1.807, 2.05) is 54.6 Å². The van der Waals surface area contributed by atoms with Crippen LogP contribution >= 0.6 is 0 Å². The van der Waals surface area contributed by atoms with E-state index in [1.165, 1.54) is 0 Å². The zero-order valence-electron chi connectivity index (χ0n) is 10.4. The van der Waals surface area contributed by atoms with Crippen molar-refractivity contribution in [3.8, 4) is 11.1 Å². The van der Waals surface area contributed by atoms with Gasteiger partial charge in [0.15, 0.2) is 0 Å². The van der Waals surface area contributed by atoms with E-state index in [1.54, 1.807) is 0 Å². The molecule has 4 heteroatoms. The fraction of sp³-hybridized carbons (Fsp3) is 0.133. The molecule has 0 aliphatic carbocycles. The highest BCUT2D eigenvalue weighted by Crippen LogP contribution is 2.20. The van der Waals surface area contributed by atoms with Crippen LogP contribution in [0.5, 0.6) is 0 Å². The molecule has 0 aliphatic rings. The molecule has 0 fully saturated rings. The molecular formula is C15H16N2O2. The lowest BCUT2D eigenvalue weighted by Gasteiger charge is -2.10. The third-order valence-corrected chi connectivity index (χ3v) is 2.79. The molecule has 4 nitrogen and oxygen atoms in total. The summed E-state index contributed by atoms with van der Waals surface area (Å²) in [5, 5.41) is 11.4. The monoisotopic (exact) mass is 256 g/mol. The predicted octanol–water partition coefficient (Wildman–Crippen LogP) is 1.61. The van der Waals surface area contributed by atoms with Crippen LogP contribution in [0.3, 0.4) is 0 Å². The Morgan fingerprint density at radius 1 is 1.05 bits per heavy atom. The number of aliphatic hydroxyl groups is 1. The second kappa shape index (κ2) is 6.13. The second-order valence-corrected chi connectivity index (χ2v) is 4.22. The van der Waals surface area contributed by atoms with E-state index in [-0.39, 0.29) is 6.61 Å². The topological polar surface area (TPSA) is 75.3 Å². The minimum Gasteiger partial charge on any atom is -0.394 e. The van der Waals surface area contributed by atoms with Crippen LogP contribution in [-0.2, 0) is 4.79 Å². The zero-order valence-corrected chi connectivity index (χ0v) is 10.4. The summed E-state index contributed by atoms with van der Waals surface area (Å²) >= 11 is 0. The number of rotatable bonds is 4. The lowest BCUT2D eigenvalue weighted by Crippen LogP contribution is -2.38. The smallest absolute Gasteiger partial charge is 0.243 e. The molecule has 0 aromatic heterocycles. The normalized spacial score (nSPS) is 11.9. The van der Waals surface area contributed by atoms with Gasteiger partial charge in [0.2, 0.25) is 5.91 Å². The molecule has 0 aliphatic heterocycles. The Morgan fingerprint density at radius 3 is 2.21 bits per heavy atom. The fourth-order valence-electron chi connectivity index (χ4n) is 1.69. The molecule has 1 atom stereocenters. The van der Waals surface area contributed by atoms with Crippen LogP contribution in [0.2, 0.25) is 0 Å². The van der Waals surface area contributed by atoms with E-state index in [0.29, 0.717) is 5.69 Å². The van der Waals surface area contributed by atoms with Gasteiger partial charge in [-0.25, -0.2) is 0 Å². The molecule has 1 amide bonds. The molecule has 0 saturated carbocycles. The van der Waals surface area contributed by atoms with Crippen molar-refractivity contribution < 1.29 is 9.90 Å². The van der Waals surface area contributed by atoms with Gasteiger partial charge in [-0.1, -0.05) is 42.5 Å². The molecule has 0 radical (unpaired) electrons. The summed E-state index contributed by atoms with van der Waals surface area (Å²) in [6, 6.07) is 16.5. The van der Waals surface area contributed by atoms with Crippen LogP contribution in [-0.4, -0.2) is 23.7 Å². The maximum Gasteiger partial charge on any atom is 0.243 e. The molecule has 0 saturated heterocycles. The Hall–Kier alpha value is -2.17. The Balaban J connectivity index is 2.09. The number of aliphatic hydroxyl groups excluding tert-OH is 1. The van der Waals surface area contributed by atoms with Gasteiger partial charge in [0, 0.05) is 5.69 Å². The first kappa shape index (κ1) is 13.3. The van der Waals surface area contributed by atoms with E-state index >= 15 is 0 Å². The largest absolute Gasteiger partial charge is 0.394 e. The number of carbonyl (C=O) groups excluding carboxylic acids is 1. The van der Waals surface area contributed by atoms with Crippen LogP contribution < -0.4 is 11.1 Å². The van der Waals surface area contributed by atoms with Crippen LogP contribution in [0.4, 0.5) is 5.69 Å². The highest BCUT2D eigenvalue weighted by atomic mass is 16.3. The predicted molar refractivity (Wildman–Crippen MR) is 75.6 cm³/mol. The van der Waals surface area contributed by atoms with Crippen LogP contribution in [0.1, 0.15) is 0 Å². The van der Waals surface area contributed by atoms with Gasteiger partial charge in [-0.05, 0) is 23.3 Å². The van der Waals surface area contributed by atoms with Crippen molar-refractivity contribution in [2.24, 2.45) is 5.73 Å². The molecule has 0 bridgehead atoms. The first-order valence-electron chi connectivity index (χ1n) is 6.03. The third-order valence-electron chi connectivity index (χ3n) is 2.79. The van der Waals surface area contributed by atoms with E-state index in [2.05, 4.69) is 5.32 Å². The number of benzene rings is 2. The summed E-state index contributed by atoms with van der Waals surface area (Å²) in [7, 11) is 0. The highest BCUT2D eigenvalue weighted by molar-refractivity contribution is 5.94. The summed E-state index contributed by atoms with van der Waals surface area (Å²) in [6.07, 6.45) is 0. The SMILES string of the molecule is NC(CO)C(=O)Nc1ccc(-c2ccccc2)cc1. The van der Waals surface area contributed by atoms with Crippen LogP contribution in [0.25, 0.3) is 11.1 Å². The zero-order chi connectivity index (χ0) is 13.7. The average molecular weight is 256 g/mol. The van der Waals surface area contributed by atoms with E-state index in [4.69, 9.17) is 10.8 Å². The number of nitrogens with one attached hydrogen (secondary N) is 1. The Bertz CT molecular complexity index is 538. The van der Waals surface area contributed by atoms with Crippen molar-refractivity contribution in [3.63, 3.8) is 0 Å². The molecule has 0 heterocycles. The van der Waals surface area contributed by atoms with Gasteiger partial charge in [-0.15, -0.1) is 0 Å². The molecule has 2 aromatic carbocycles. The summed E-state index contributed by atoms with van der Waals surface area (Å²) in [4.78, 5) is 11.5.